The molecule has 2 aromatic carbocycles. The number of nitrogens with one attached hydrogen (secondary N) is 1. The van der Waals surface area contributed by atoms with Gasteiger partial charge in [-0.3, -0.25) is 9.59 Å². The van der Waals surface area contributed by atoms with Gasteiger partial charge in [-0.25, -0.2) is 4.98 Å². The zero-order valence-corrected chi connectivity index (χ0v) is 17.7. The summed E-state index contributed by atoms with van der Waals surface area (Å²) in [7, 11) is 0. The van der Waals surface area contributed by atoms with Gasteiger partial charge in [0.15, 0.2) is 5.01 Å². The van der Waals surface area contributed by atoms with E-state index >= 15 is 0 Å². The minimum atomic E-state index is -0.239. The summed E-state index contributed by atoms with van der Waals surface area (Å²) in [5.41, 5.74) is 2.14. The van der Waals surface area contributed by atoms with E-state index in [1.54, 1.807) is 48.5 Å². The normalized spacial score (nSPS) is 13.5. The fourth-order valence-electron chi connectivity index (χ4n) is 3.19. The number of hydrogen-bond acceptors (Lipinski definition) is 4. The number of benzene rings is 2. The van der Waals surface area contributed by atoms with Crippen molar-refractivity contribution in [2.45, 2.75) is 12.8 Å². The maximum absolute atomic E-state index is 12.8. The lowest BCUT2D eigenvalue weighted by molar-refractivity contribution is 0.0762. The van der Waals surface area contributed by atoms with Crippen LogP contribution in [0.25, 0.3) is 0 Å². The van der Waals surface area contributed by atoms with E-state index < -0.39 is 0 Å². The molecule has 1 aromatic heterocycles. The molecule has 0 saturated carbocycles. The van der Waals surface area contributed by atoms with Crippen LogP contribution in [0.5, 0.6) is 0 Å². The Kier molecular flexibility index (Phi) is 5.85. The fourth-order valence-corrected chi connectivity index (χ4v) is 4.49. The number of fused-ring (bicyclic) bond motifs is 1. The molecule has 0 unspecified atom stereocenters. The number of amides is 2. The first kappa shape index (κ1) is 19.9. The molecule has 4 rings (SSSR count). The minimum Gasteiger partial charge on any atom is -0.338 e. The average molecular weight is 446 g/mol. The Balaban J connectivity index is 1.43. The van der Waals surface area contributed by atoms with E-state index in [0.29, 0.717) is 52.2 Å². The van der Waals surface area contributed by atoms with E-state index in [4.69, 9.17) is 23.2 Å². The number of hydrogen-bond donors (Lipinski definition) is 1. The first-order chi connectivity index (χ1) is 14.0. The van der Waals surface area contributed by atoms with Crippen molar-refractivity contribution in [3.05, 3.63) is 79.7 Å². The number of aromatic nitrogens is 1. The summed E-state index contributed by atoms with van der Waals surface area (Å²) in [5, 5.41) is 4.42. The highest BCUT2D eigenvalue weighted by atomic mass is 35.5. The van der Waals surface area contributed by atoms with E-state index in [1.807, 2.05) is 4.90 Å². The van der Waals surface area contributed by atoms with Gasteiger partial charge in [-0.1, -0.05) is 29.3 Å². The number of halogens is 2. The molecule has 0 spiro atoms. The highest BCUT2D eigenvalue weighted by Gasteiger charge is 2.24. The zero-order chi connectivity index (χ0) is 20.4. The summed E-state index contributed by atoms with van der Waals surface area (Å²) in [6.45, 7) is 1.14. The van der Waals surface area contributed by atoms with Gasteiger partial charge in [0.25, 0.3) is 11.8 Å². The third-order valence-corrected chi connectivity index (χ3v) is 6.30. The maximum Gasteiger partial charge on any atom is 0.284 e. The average Bonchev–Trinajstić information content (AvgIpc) is 3.02. The Hall–Kier alpha value is -2.41. The van der Waals surface area contributed by atoms with Crippen LogP contribution in [0.3, 0.4) is 0 Å². The van der Waals surface area contributed by atoms with Crippen molar-refractivity contribution in [1.82, 2.24) is 9.88 Å². The van der Waals surface area contributed by atoms with Crippen LogP contribution in [0.15, 0.2) is 48.5 Å². The third-order valence-electron chi connectivity index (χ3n) is 4.66. The van der Waals surface area contributed by atoms with Gasteiger partial charge < -0.3 is 10.2 Å². The van der Waals surface area contributed by atoms with Crippen LogP contribution in [-0.2, 0) is 12.8 Å². The number of rotatable bonds is 3. The lowest BCUT2D eigenvalue weighted by Crippen LogP contribution is -2.33. The molecule has 2 amide bonds. The molecule has 0 aliphatic carbocycles. The second kappa shape index (κ2) is 8.53. The first-order valence-electron chi connectivity index (χ1n) is 9.10. The number of anilines is 1. The molecule has 0 bridgehead atoms. The summed E-state index contributed by atoms with van der Waals surface area (Å²) < 4.78 is 0. The molecule has 1 aliphatic heterocycles. The van der Waals surface area contributed by atoms with Gasteiger partial charge >= 0.3 is 0 Å². The summed E-state index contributed by atoms with van der Waals surface area (Å²) in [6, 6.07) is 13.9. The van der Waals surface area contributed by atoms with Crippen LogP contribution in [-0.4, -0.2) is 34.8 Å². The van der Waals surface area contributed by atoms with E-state index in [2.05, 4.69) is 10.3 Å². The molecule has 0 fully saturated rings. The Morgan fingerprint density at radius 3 is 2.52 bits per heavy atom. The number of nitrogens with zero attached hydrogens (tertiary/aromatic N) is 2. The molecular formula is C21H17Cl2N3O2S. The van der Waals surface area contributed by atoms with Crippen molar-refractivity contribution >= 4 is 52.0 Å². The maximum atomic E-state index is 12.8. The lowest BCUT2D eigenvalue weighted by Gasteiger charge is -2.20. The quantitative estimate of drug-likeness (QED) is 0.620. The molecule has 148 valence electrons. The first-order valence-corrected chi connectivity index (χ1v) is 10.7. The smallest absolute Gasteiger partial charge is 0.284 e. The molecular weight excluding hydrogens is 429 g/mol. The molecule has 8 heteroatoms. The zero-order valence-electron chi connectivity index (χ0n) is 15.3. The molecule has 0 atom stereocenters. The van der Waals surface area contributed by atoms with Crippen LogP contribution >= 0.6 is 34.5 Å². The molecule has 2 heterocycles. The van der Waals surface area contributed by atoms with Crippen molar-refractivity contribution in [2.75, 3.05) is 18.4 Å². The molecule has 3 aromatic rings. The van der Waals surface area contributed by atoms with Gasteiger partial charge in [0.2, 0.25) is 0 Å². The highest BCUT2D eigenvalue weighted by molar-refractivity contribution is 7.13. The summed E-state index contributed by atoms with van der Waals surface area (Å²) >= 11 is 13.3. The van der Waals surface area contributed by atoms with Crippen molar-refractivity contribution in [2.24, 2.45) is 0 Å². The fraction of sp³-hybridized carbons (Fsp3) is 0.190. The van der Waals surface area contributed by atoms with Gasteiger partial charge in [0.05, 0.1) is 5.69 Å². The van der Waals surface area contributed by atoms with Crippen LogP contribution in [0.1, 0.15) is 30.7 Å². The number of carbonyl (C=O) groups is 2. The molecule has 0 saturated heterocycles. The molecule has 1 N–H and O–H groups in total. The summed E-state index contributed by atoms with van der Waals surface area (Å²) in [5.74, 6) is -0.277. The van der Waals surface area contributed by atoms with Crippen molar-refractivity contribution in [3.8, 4) is 0 Å². The molecule has 5 nitrogen and oxygen atoms in total. The third kappa shape index (κ3) is 4.61. The molecule has 29 heavy (non-hydrogen) atoms. The SMILES string of the molecule is O=C(Nc1ccc(Cl)cc1)c1nc2c(s1)CCN(C(=O)c1cccc(Cl)c1)CC2. The summed E-state index contributed by atoms with van der Waals surface area (Å²) in [4.78, 5) is 32.7. The van der Waals surface area contributed by atoms with Crippen molar-refractivity contribution in [3.63, 3.8) is 0 Å². The summed E-state index contributed by atoms with van der Waals surface area (Å²) in [6.07, 6.45) is 1.29. The van der Waals surface area contributed by atoms with Crippen molar-refractivity contribution < 1.29 is 9.59 Å². The van der Waals surface area contributed by atoms with E-state index in [-0.39, 0.29) is 11.8 Å². The monoisotopic (exact) mass is 445 g/mol. The standard InChI is InChI=1S/C21H17Cl2N3O2S/c22-14-4-6-16(7-5-14)24-19(27)20-25-17-8-10-26(11-9-18(17)29-20)21(28)13-2-1-3-15(23)12-13/h1-7,12H,8-11H2,(H,24,27). The predicted molar refractivity (Wildman–Crippen MR) is 116 cm³/mol. The largest absolute Gasteiger partial charge is 0.338 e. The van der Waals surface area contributed by atoms with Crippen LogP contribution in [0.4, 0.5) is 5.69 Å². The van der Waals surface area contributed by atoms with Gasteiger partial charge in [-0.2, -0.15) is 0 Å². The minimum absolute atomic E-state index is 0.0386. The second-order valence-electron chi connectivity index (χ2n) is 6.65. The Morgan fingerprint density at radius 2 is 1.76 bits per heavy atom. The van der Waals surface area contributed by atoms with E-state index in [9.17, 15) is 9.59 Å². The Morgan fingerprint density at radius 1 is 1.00 bits per heavy atom. The van der Waals surface area contributed by atoms with E-state index in [0.717, 1.165) is 10.6 Å². The molecule has 0 radical (unpaired) electrons. The van der Waals surface area contributed by atoms with Crippen LogP contribution in [0.2, 0.25) is 10.0 Å². The Labute approximate surface area is 182 Å². The molecule has 1 aliphatic rings. The van der Waals surface area contributed by atoms with Crippen LogP contribution in [0, 0.1) is 0 Å². The van der Waals surface area contributed by atoms with E-state index in [1.165, 1.54) is 11.3 Å². The van der Waals surface area contributed by atoms with Gasteiger partial charge in [0, 0.05) is 52.1 Å². The lowest BCUT2D eigenvalue weighted by atomic mass is 10.2. The number of carbonyl (C=O) groups excluding carboxylic acids is 2. The topological polar surface area (TPSA) is 62.3 Å². The van der Waals surface area contributed by atoms with Gasteiger partial charge in [-0.05, 0) is 42.5 Å². The van der Waals surface area contributed by atoms with Gasteiger partial charge in [-0.15, -0.1) is 11.3 Å². The van der Waals surface area contributed by atoms with Crippen LogP contribution < -0.4 is 5.32 Å². The number of thiazole rings is 1. The second-order valence-corrected chi connectivity index (χ2v) is 8.61. The highest BCUT2D eigenvalue weighted by Crippen LogP contribution is 2.25. The Bertz CT molecular complexity index is 1040. The van der Waals surface area contributed by atoms with Crippen molar-refractivity contribution in [1.29, 1.82) is 0 Å². The predicted octanol–water partition coefficient (Wildman–Crippen LogP) is 4.94. The van der Waals surface area contributed by atoms with Gasteiger partial charge in [0.1, 0.15) is 0 Å².